The third-order valence-electron chi connectivity index (χ3n) is 5.45. The normalized spacial score (nSPS) is 12.1. The lowest BCUT2D eigenvalue weighted by Gasteiger charge is -2.14. The van der Waals surface area contributed by atoms with E-state index in [1.54, 1.807) is 24.3 Å². The molecule has 0 aliphatic rings. The molecule has 0 aliphatic heterocycles. The van der Waals surface area contributed by atoms with E-state index in [4.69, 9.17) is 4.74 Å². The number of hydrogen-bond donors (Lipinski definition) is 1. The van der Waals surface area contributed by atoms with E-state index in [-0.39, 0.29) is 23.2 Å². The summed E-state index contributed by atoms with van der Waals surface area (Å²) >= 11 is 0. The Bertz CT molecular complexity index is 1670. The van der Waals surface area contributed by atoms with E-state index in [0.29, 0.717) is 23.2 Å². The van der Waals surface area contributed by atoms with Gasteiger partial charge in [0.2, 0.25) is 5.82 Å². The van der Waals surface area contributed by atoms with Crippen molar-refractivity contribution in [2.24, 2.45) is 0 Å². The molecular weight excluding hydrogens is 491 g/mol. The van der Waals surface area contributed by atoms with Gasteiger partial charge in [0, 0.05) is 0 Å². The lowest BCUT2D eigenvalue weighted by atomic mass is 10.1. The molecule has 0 radical (unpaired) electrons. The third kappa shape index (κ3) is 4.94. The number of alkyl halides is 3. The van der Waals surface area contributed by atoms with Crippen molar-refractivity contribution in [1.82, 2.24) is 9.97 Å². The summed E-state index contributed by atoms with van der Waals surface area (Å²) in [6.45, 7) is 0.0901. The van der Waals surface area contributed by atoms with E-state index in [1.807, 2.05) is 42.5 Å². The summed E-state index contributed by atoms with van der Waals surface area (Å²) in [4.78, 5) is 8.41. The number of nitrogens with one attached hydrogen (secondary N) is 1. The molecule has 1 heterocycles. The van der Waals surface area contributed by atoms with E-state index in [1.165, 1.54) is 0 Å². The van der Waals surface area contributed by atoms with Crippen LogP contribution in [0.2, 0.25) is 0 Å². The van der Waals surface area contributed by atoms with E-state index in [9.17, 15) is 21.6 Å². The van der Waals surface area contributed by atoms with Gasteiger partial charge in [-0.1, -0.05) is 48.5 Å². The third-order valence-corrected chi connectivity index (χ3v) is 6.81. The average Bonchev–Trinajstić information content (AvgIpc) is 2.86. The summed E-state index contributed by atoms with van der Waals surface area (Å²) in [5, 5.41) is 2.09. The van der Waals surface area contributed by atoms with E-state index >= 15 is 0 Å². The molecule has 0 saturated carbocycles. The molecule has 0 unspecified atom stereocenters. The summed E-state index contributed by atoms with van der Waals surface area (Å²) in [5.41, 5.74) is 0.788. The number of rotatable bonds is 6. The second-order valence-corrected chi connectivity index (χ2v) is 9.65. The summed E-state index contributed by atoms with van der Waals surface area (Å²) in [6.07, 6.45) is -4.58. The van der Waals surface area contributed by atoms with Gasteiger partial charge in [-0.15, -0.1) is 0 Å². The minimum Gasteiger partial charge on any atom is -0.470 e. The Morgan fingerprint density at radius 1 is 0.778 bits per heavy atom. The van der Waals surface area contributed by atoms with Crippen molar-refractivity contribution in [2.45, 2.75) is 17.7 Å². The molecule has 0 bridgehead atoms. The Balaban J connectivity index is 1.46. The molecule has 1 N–H and O–H groups in total. The molecule has 0 fully saturated rings. The van der Waals surface area contributed by atoms with Crippen LogP contribution in [0.5, 0.6) is 5.88 Å². The molecule has 4 aromatic carbocycles. The Morgan fingerprint density at radius 3 is 2.11 bits per heavy atom. The minimum atomic E-state index is -4.58. The number of hydrogen-bond acceptors (Lipinski definition) is 5. The van der Waals surface area contributed by atoms with Crippen LogP contribution in [0.3, 0.4) is 0 Å². The quantitative estimate of drug-likeness (QED) is 0.296. The van der Waals surface area contributed by atoms with Gasteiger partial charge in [0.05, 0.1) is 21.5 Å². The fraction of sp³-hybridized carbons (Fsp3) is 0.0769. The molecule has 1 aromatic heterocycles. The van der Waals surface area contributed by atoms with Crippen LogP contribution in [-0.4, -0.2) is 18.4 Å². The van der Waals surface area contributed by atoms with Crippen molar-refractivity contribution in [1.29, 1.82) is 0 Å². The number of fused-ring (bicyclic) bond motifs is 2. The molecule has 182 valence electrons. The standard InChI is InChI=1S/C26H18F3N3O3S/c27-26(28,29)20-11-13-21(14-12-20)36(33,34)32-24-25(31-23-8-4-3-7-22(23)30-24)35-16-17-9-10-18-5-1-2-6-19(18)15-17/h1-15H,16H2,(H,30,32). The van der Waals surface area contributed by atoms with Gasteiger partial charge in [0.15, 0.2) is 0 Å². The fourth-order valence-corrected chi connectivity index (χ4v) is 4.64. The first-order valence-electron chi connectivity index (χ1n) is 10.8. The second-order valence-electron chi connectivity index (χ2n) is 7.96. The molecule has 0 spiro atoms. The fourth-order valence-electron chi connectivity index (χ4n) is 3.64. The molecule has 0 aliphatic carbocycles. The molecule has 6 nitrogen and oxygen atoms in total. The molecule has 10 heteroatoms. The Morgan fingerprint density at radius 2 is 1.42 bits per heavy atom. The summed E-state index contributed by atoms with van der Waals surface area (Å²) in [5.74, 6) is -0.230. The molecule has 5 rings (SSSR count). The number of benzene rings is 4. The number of halogens is 3. The van der Waals surface area contributed by atoms with Gasteiger partial charge in [-0.2, -0.15) is 13.2 Å². The number of aromatic nitrogens is 2. The van der Waals surface area contributed by atoms with Crippen LogP contribution in [-0.2, 0) is 22.8 Å². The van der Waals surface area contributed by atoms with Crippen LogP contribution >= 0.6 is 0 Å². The highest BCUT2D eigenvalue weighted by Gasteiger charge is 2.31. The van der Waals surface area contributed by atoms with Crippen LogP contribution < -0.4 is 9.46 Å². The maximum absolute atomic E-state index is 13.0. The number of ether oxygens (including phenoxy) is 1. The summed E-state index contributed by atoms with van der Waals surface area (Å²) < 4.78 is 72.7. The largest absolute Gasteiger partial charge is 0.470 e. The van der Waals surface area contributed by atoms with Crippen molar-refractivity contribution >= 4 is 37.6 Å². The van der Waals surface area contributed by atoms with Crippen LogP contribution in [0.1, 0.15) is 11.1 Å². The van der Waals surface area contributed by atoms with Crippen molar-refractivity contribution in [3.63, 3.8) is 0 Å². The number of sulfonamides is 1. The second kappa shape index (κ2) is 9.12. The Labute approximate surface area is 204 Å². The SMILES string of the molecule is O=S(=O)(Nc1nc2ccccc2nc1OCc1ccc2ccccc2c1)c1ccc(C(F)(F)F)cc1. The first-order valence-corrected chi connectivity index (χ1v) is 12.2. The molecule has 0 atom stereocenters. The van der Waals surface area contributed by atoms with Gasteiger partial charge >= 0.3 is 6.18 Å². The van der Waals surface area contributed by atoms with Crippen LogP contribution in [0.4, 0.5) is 19.0 Å². The van der Waals surface area contributed by atoms with Gasteiger partial charge in [-0.25, -0.2) is 18.4 Å². The zero-order valence-electron chi connectivity index (χ0n) is 18.5. The van der Waals surface area contributed by atoms with Gasteiger partial charge in [-0.3, -0.25) is 4.72 Å². The van der Waals surface area contributed by atoms with Crippen LogP contribution in [0.15, 0.2) is 95.9 Å². The highest BCUT2D eigenvalue weighted by molar-refractivity contribution is 7.92. The molecule has 0 saturated heterocycles. The number of para-hydroxylation sites is 2. The first kappa shape index (κ1) is 23.6. The number of anilines is 1. The van der Waals surface area contributed by atoms with Crippen molar-refractivity contribution in [2.75, 3.05) is 4.72 Å². The van der Waals surface area contributed by atoms with Crippen LogP contribution in [0.25, 0.3) is 21.8 Å². The highest BCUT2D eigenvalue weighted by atomic mass is 32.2. The van der Waals surface area contributed by atoms with Gasteiger partial charge in [-0.05, 0) is 58.8 Å². The lowest BCUT2D eigenvalue weighted by molar-refractivity contribution is -0.137. The first-order chi connectivity index (χ1) is 17.2. The van der Waals surface area contributed by atoms with Crippen molar-refractivity contribution < 1.29 is 26.3 Å². The van der Waals surface area contributed by atoms with E-state index < -0.39 is 21.8 Å². The summed E-state index contributed by atoms with van der Waals surface area (Å²) in [7, 11) is -4.28. The zero-order valence-corrected chi connectivity index (χ0v) is 19.3. The molecule has 0 amide bonds. The molecule has 5 aromatic rings. The van der Waals surface area contributed by atoms with Crippen LogP contribution in [0, 0.1) is 0 Å². The lowest BCUT2D eigenvalue weighted by Crippen LogP contribution is -2.16. The average molecular weight is 510 g/mol. The van der Waals surface area contributed by atoms with E-state index in [2.05, 4.69) is 14.7 Å². The highest BCUT2D eigenvalue weighted by Crippen LogP contribution is 2.31. The van der Waals surface area contributed by atoms with Gasteiger partial charge in [0.1, 0.15) is 6.61 Å². The predicted molar refractivity (Wildman–Crippen MR) is 130 cm³/mol. The monoisotopic (exact) mass is 509 g/mol. The molecule has 36 heavy (non-hydrogen) atoms. The zero-order chi connectivity index (χ0) is 25.3. The predicted octanol–water partition coefficient (Wildman–Crippen LogP) is 6.18. The van der Waals surface area contributed by atoms with Gasteiger partial charge < -0.3 is 4.74 Å². The van der Waals surface area contributed by atoms with E-state index in [0.717, 1.165) is 28.5 Å². The molecular formula is C26H18F3N3O3S. The summed E-state index contributed by atoms with van der Waals surface area (Å²) in [6, 6.07) is 23.7. The maximum Gasteiger partial charge on any atom is 0.416 e. The Hall–Kier alpha value is -4.18. The minimum absolute atomic E-state index is 0.0580. The topological polar surface area (TPSA) is 81.2 Å². The van der Waals surface area contributed by atoms with Crippen molar-refractivity contribution in [3.8, 4) is 5.88 Å². The van der Waals surface area contributed by atoms with Gasteiger partial charge in [0.25, 0.3) is 15.9 Å². The van der Waals surface area contributed by atoms with Crippen molar-refractivity contribution in [3.05, 3.63) is 102 Å². The smallest absolute Gasteiger partial charge is 0.416 e. The number of nitrogens with zero attached hydrogens (tertiary/aromatic N) is 2. The maximum atomic E-state index is 13.0. The Kier molecular flexibility index (Phi) is 5.97.